The van der Waals surface area contributed by atoms with Crippen molar-refractivity contribution >= 4 is 0 Å². The van der Waals surface area contributed by atoms with E-state index in [4.69, 9.17) is 9.72 Å². The van der Waals surface area contributed by atoms with Crippen molar-refractivity contribution in [2.24, 2.45) is 0 Å². The number of ether oxygens (including phenoxy) is 1. The molecule has 112 valence electrons. The van der Waals surface area contributed by atoms with Crippen molar-refractivity contribution in [1.82, 2.24) is 14.9 Å². The van der Waals surface area contributed by atoms with Crippen molar-refractivity contribution in [2.75, 3.05) is 13.2 Å². The quantitative estimate of drug-likeness (QED) is 0.923. The summed E-state index contributed by atoms with van der Waals surface area (Å²) in [7, 11) is 0. The van der Waals surface area contributed by atoms with Gasteiger partial charge in [0.05, 0.1) is 11.3 Å². The van der Waals surface area contributed by atoms with E-state index in [1.807, 2.05) is 0 Å². The van der Waals surface area contributed by atoms with E-state index in [2.05, 4.69) is 30.7 Å². The van der Waals surface area contributed by atoms with E-state index in [0.717, 1.165) is 51.8 Å². The minimum atomic E-state index is 0.0828. The zero-order chi connectivity index (χ0) is 14.2. The van der Waals surface area contributed by atoms with Gasteiger partial charge in [0.25, 0.3) is 0 Å². The number of rotatable bonds is 3. The van der Waals surface area contributed by atoms with Gasteiger partial charge in [0.15, 0.2) is 0 Å². The highest BCUT2D eigenvalue weighted by molar-refractivity contribution is 5.21. The normalized spacial score (nSPS) is 25.4. The number of aryl methyl sites for hydroxylation is 1. The third-order valence-corrected chi connectivity index (χ3v) is 5.22. The molecule has 3 rings (SSSR count). The minimum Gasteiger partial charge on any atom is -0.375 e. The number of hydrogen-bond donors (Lipinski definition) is 1. The molecular formula is C16H27N3O. The largest absolute Gasteiger partial charge is 0.375 e. The molecule has 4 heteroatoms. The Morgan fingerprint density at radius 3 is 2.95 bits per heavy atom. The lowest BCUT2D eigenvalue weighted by Crippen LogP contribution is -2.40. The maximum absolute atomic E-state index is 6.13. The Hall–Kier alpha value is -0.870. The van der Waals surface area contributed by atoms with Crippen molar-refractivity contribution in [3.8, 4) is 0 Å². The lowest BCUT2D eigenvalue weighted by Gasteiger charge is -2.41. The summed E-state index contributed by atoms with van der Waals surface area (Å²) in [6.07, 6.45) is 5.59. The van der Waals surface area contributed by atoms with Gasteiger partial charge in [0, 0.05) is 37.9 Å². The average molecular weight is 277 g/mol. The molecule has 1 aromatic heterocycles. The van der Waals surface area contributed by atoms with Crippen LogP contribution in [-0.2, 0) is 17.7 Å². The lowest BCUT2D eigenvalue weighted by atomic mass is 9.85. The molecule has 1 saturated heterocycles. The first kappa shape index (κ1) is 14.1. The van der Waals surface area contributed by atoms with Crippen LogP contribution in [0.3, 0.4) is 0 Å². The van der Waals surface area contributed by atoms with Gasteiger partial charge < -0.3 is 14.6 Å². The summed E-state index contributed by atoms with van der Waals surface area (Å²) in [5.74, 6) is 1.19. The fourth-order valence-electron chi connectivity index (χ4n) is 3.92. The Morgan fingerprint density at radius 1 is 1.40 bits per heavy atom. The second-order valence-corrected chi connectivity index (χ2v) is 6.23. The van der Waals surface area contributed by atoms with Crippen LogP contribution in [0.5, 0.6) is 0 Å². The molecule has 1 atom stereocenters. The van der Waals surface area contributed by atoms with Crippen LogP contribution in [0.15, 0.2) is 0 Å². The lowest BCUT2D eigenvalue weighted by molar-refractivity contribution is -0.0992. The van der Waals surface area contributed by atoms with Crippen molar-refractivity contribution in [3.05, 3.63) is 17.2 Å². The number of nitrogens with zero attached hydrogens (tertiary/aromatic N) is 2. The summed E-state index contributed by atoms with van der Waals surface area (Å²) in [4.78, 5) is 4.79. The van der Waals surface area contributed by atoms with Gasteiger partial charge in [-0.25, -0.2) is 4.98 Å². The first-order valence-corrected chi connectivity index (χ1v) is 8.10. The first-order valence-electron chi connectivity index (χ1n) is 8.10. The monoisotopic (exact) mass is 277 g/mol. The number of imidazole rings is 1. The van der Waals surface area contributed by atoms with Gasteiger partial charge in [-0.2, -0.15) is 0 Å². The third-order valence-electron chi connectivity index (χ3n) is 5.22. The Bertz CT molecular complexity index is 476. The second kappa shape index (κ2) is 5.49. The first-order chi connectivity index (χ1) is 9.69. The summed E-state index contributed by atoms with van der Waals surface area (Å²) in [6.45, 7) is 9.57. The fraction of sp³-hybridized carbons (Fsp3) is 0.812. The molecule has 0 amide bonds. The van der Waals surface area contributed by atoms with E-state index in [1.165, 1.54) is 17.2 Å². The standard InChI is InChI=1S/C16H27N3O/c1-4-16(5-2)10-13(7-9-20-16)19-12(3)18-14-11-17-8-6-15(14)19/h13,17H,4-11H2,1-3H3. The Kier molecular flexibility index (Phi) is 3.87. The third kappa shape index (κ3) is 2.29. The molecule has 0 aromatic carbocycles. The molecule has 0 saturated carbocycles. The van der Waals surface area contributed by atoms with Crippen LogP contribution in [0, 0.1) is 6.92 Å². The maximum atomic E-state index is 6.13. The zero-order valence-electron chi connectivity index (χ0n) is 13.0. The van der Waals surface area contributed by atoms with E-state index in [-0.39, 0.29) is 5.60 Å². The van der Waals surface area contributed by atoms with Crippen LogP contribution < -0.4 is 5.32 Å². The molecular weight excluding hydrogens is 250 g/mol. The van der Waals surface area contributed by atoms with Gasteiger partial charge in [-0.3, -0.25) is 0 Å². The fourth-order valence-corrected chi connectivity index (χ4v) is 3.92. The molecule has 1 fully saturated rings. The van der Waals surface area contributed by atoms with Gasteiger partial charge in [-0.1, -0.05) is 13.8 Å². The summed E-state index contributed by atoms with van der Waals surface area (Å²) < 4.78 is 8.66. The highest BCUT2D eigenvalue weighted by atomic mass is 16.5. The zero-order valence-corrected chi connectivity index (χ0v) is 13.0. The van der Waals surface area contributed by atoms with E-state index >= 15 is 0 Å². The van der Waals surface area contributed by atoms with Crippen LogP contribution in [-0.4, -0.2) is 28.3 Å². The molecule has 3 heterocycles. The molecule has 0 aliphatic carbocycles. The Morgan fingerprint density at radius 2 is 2.20 bits per heavy atom. The van der Waals surface area contributed by atoms with Crippen molar-refractivity contribution in [1.29, 1.82) is 0 Å². The molecule has 1 aromatic rings. The van der Waals surface area contributed by atoms with Gasteiger partial charge in [0.1, 0.15) is 5.82 Å². The van der Waals surface area contributed by atoms with Crippen LogP contribution in [0.4, 0.5) is 0 Å². The molecule has 2 aliphatic heterocycles. The number of hydrogen-bond acceptors (Lipinski definition) is 3. The maximum Gasteiger partial charge on any atom is 0.106 e. The number of nitrogens with one attached hydrogen (secondary N) is 1. The summed E-state index contributed by atoms with van der Waals surface area (Å²) in [6, 6.07) is 0.568. The van der Waals surface area contributed by atoms with Crippen molar-refractivity contribution in [3.63, 3.8) is 0 Å². The van der Waals surface area contributed by atoms with Crippen molar-refractivity contribution < 1.29 is 4.74 Å². The predicted molar refractivity (Wildman–Crippen MR) is 79.9 cm³/mol. The molecule has 2 aliphatic rings. The molecule has 20 heavy (non-hydrogen) atoms. The topological polar surface area (TPSA) is 39.1 Å². The Labute approximate surface area is 121 Å². The molecule has 0 bridgehead atoms. The smallest absolute Gasteiger partial charge is 0.106 e. The highest BCUT2D eigenvalue weighted by Gasteiger charge is 2.36. The SMILES string of the molecule is CCC1(CC)CC(n2c(C)nc3c2CCNC3)CCO1. The van der Waals surface area contributed by atoms with Gasteiger partial charge in [-0.05, 0) is 32.6 Å². The van der Waals surface area contributed by atoms with Crippen LogP contribution in [0.2, 0.25) is 0 Å². The van der Waals surface area contributed by atoms with E-state index in [1.54, 1.807) is 0 Å². The van der Waals surface area contributed by atoms with Crippen LogP contribution >= 0.6 is 0 Å². The molecule has 0 radical (unpaired) electrons. The Balaban J connectivity index is 1.91. The summed E-state index contributed by atoms with van der Waals surface area (Å²) in [5, 5.41) is 3.42. The molecule has 1 unspecified atom stereocenters. The highest BCUT2D eigenvalue weighted by Crippen LogP contribution is 2.38. The van der Waals surface area contributed by atoms with Crippen molar-refractivity contribution in [2.45, 2.75) is 71.1 Å². The number of aromatic nitrogens is 2. The molecule has 1 N–H and O–H groups in total. The van der Waals surface area contributed by atoms with E-state index in [0.29, 0.717) is 6.04 Å². The second-order valence-electron chi connectivity index (χ2n) is 6.23. The summed E-state index contributed by atoms with van der Waals surface area (Å²) in [5.41, 5.74) is 2.81. The number of fused-ring (bicyclic) bond motifs is 1. The van der Waals surface area contributed by atoms with Gasteiger partial charge >= 0.3 is 0 Å². The van der Waals surface area contributed by atoms with E-state index in [9.17, 15) is 0 Å². The minimum absolute atomic E-state index is 0.0828. The summed E-state index contributed by atoms with van der Waals surface area (Å²) >= 11 is 0. The van der Waals surface area contributed by atoms with Gasteiger partial charge in [-0.15, -0.1) is 0 Å². The van der Waals surface area contributed by atoms with Crippen LogP contribution in [0.25, 0.3) is 0 Å². The predicted octanol–water partition coefficient (Wildman–Crippen LogP) is 2.75. The average Bonchev–Trinajstić information content (AvgIpc) is 2.83. The van der Waals surface area contributed by atoms with E-state index < -0.39 is 0 Å². The molecule has 0 spiro atoms. The van der Waals surface area contributed by atoms with Gasteiger partial charge in [0.2, 0.25) is 0 Å². The molecule has 4 nitrogen and oxygen atoms in total. The van der Waals surface area contributed by atoms with Crippen LogP contribution in [0.1, 0.15) is 62.8 Å².